The molecule has 1 aromatic rings. The molecule has 37 heavy (non-hydrogen) atoms. The number of carbonyl (C=O) groups excluding carboxylic acids is 2. The van der Waals surface area contributed by atoms with Crippen LogP contribution in [-0.2, 0) is 25.3 Å². The van der Waals surface area contributed by atoms with Gasteiger partial charge in [0, 0.05) is 40.3 Å². The van der Waals surface area contributed by atoms with Crippen LogP contribution in [0.3, 0.4) is 0 Å². The van der Waals surface area contributed by atoms with Crippen molar-refractivity contribution in [2.24, 2.45) is 5.92 Å². The summed E-state index contributed by atoms with van der Waals surface area (Å²) in [5.74, 6) is 1.33. The fourth-order valence-electron chi connectivity index (χ4n) is 5.09. The van der Waals surface area contributed by atoms with Crippen molar-refractivity contribution in [3.63, 3.8) is 0 Å². The smallest absolute Gasteiger partial charge is 0.248 e. The lowest BCUT2D eigenvalue weighted by Gasteiger charge is -2.34. The summed E-state index contributed by atoms with van der Waals surface area (Å²) in [7, 11) is 3.90. The fourth-order valence-corrected chi connectivity index (χ4v) is 6.31. The molecule has 0 radical (unpaired) electrons. The van der Waals surface area contributed by atoms with Crippen LogP contribution in [0.15, 0.2) is 17.0 Å². The van der Waals surface area contributed by atoms with Crippen LogP contribution in [0.2, 0.25) is 0 Å². The van der Waals surface area contributed by atoms with Crippen molar-refractivity contribution in [2.75, 3.05) is 80.2 Å². The van der Waals surface area contributed by atoms with Gasteiger partial charge in [0.25, 0.3) is 0 Å². The summed E-state index contributed by atoms with van der Waals surface area (Å²) >= 11 is 0. The van der Waals surface area contributed by atoms with E-state index in [-0.39, 0.29) is 18.4 Å². The molecule has 2 aliphatic rings. The van der Waals surface area contributed by atoms with Crippen molar-refractivity contribution < 1.29 is 23.3 Å². The molecule has 1 aromatic carbocycles. The number of amides is 2. The molecule has 10 heteroatoms. The first-order valence-corrected chi connectivity index (χ1v) is 14.4. The Morgan fingerprint density at radius 1 is 1.05 bits per heavy atom. The lowest BCUT2D eigenvalue weighted by atomic mass is 9.96. The number of aryl methyl sites for hydroxylation is 2. The molecular formula is C27H44N4O5S. The van der Waals surface area contributed by atoms with Gasteiger partial charge in [-0.25, -0.2) is 8.51 Å². The number of rotatable bonds is 12. The second-order valence-corrected chi connectivity index (χ2v) is 11.9. The third-order valence-electron chi connectivity index (χ3n) is 7.39. The topological polar surface area (TPSA) is 82.6 Å². The third-order valence-corrected chi connectivity index (χ3v) is 9.13. The number of methoxy groups -OCH3 is 1. The molecule has 0 saturated carbocycles. The molecule has 0 aromatic heterocycles. The number of nitrogens with zero attached hydrogens (tertiary/aromatic N) is 4. The van der Waals surface area contributed by atoms with Crippen molar-refractivity contribution >= 4 is 22.8 Å². The first kappa shape index (κ1) is 29.5. The number of likely N-dealkylation sites (N-methyl/N-ethyl adjacent to an activating group) is 2. The van der Waals surface area contributed by atoms with Crippen LogP contribution < -0.4 is 4.74 Å². The number of piperidine rings is 1. The minimum atomic E-state index is -1.33. The Bertz CT molecular complexity index is 922. The summed E-state index contributed by atoms with van der Waals surface area (Å²) in [5, 5.41) is 0. The Kier molecular flexibility index (Phi) is 11.4. The largest absolute Gasteiger partial charge is 0.497 e. The summed E-state index contributed by atoms with van der Waals surface area (Å²) in [4.78, 5) is 31.9. The molecule has 0 N–H and O–H groups in total. The first-order chi connectivity index (χ1) is 17.7. The minimum Gasteiger partial charge on any atom is -0.497 e. The molecule has 0 aliphatic carbocycles. The number of hydrogen-bond acceptors (Lipinski definition) is 6. The van der Waals surface area contributed by atoms with E-state index in [1.807, 2.05) is 37.9 Å². The van der Waals surface area contributed by atoms with E-state index in [0.29, 0.717) is 32.2 Å². The molecule has 2 fully saturated rings. The predicted molar refractivity (Wildman–Crippen MR) is 145 cm³/mol. The van der Waals surface area contributed by atoms with Gasteiger partial charge >= 0.3 is 0 Å². The number of likely N-dealkylation sites (tertiary alicyclic amines) is 2. The average Bonchev–Trinajstić information content (AvgIpc) is 3.39. The summed E-state index contributed by atoms with van der Waals surface area (Å²) < 4.78 is 25.7. The van der Waals surface area contributed by atoms with E-state index in [4.69, 9.17) is 9.47 Å². The van der Waals surface area contributed by atoms with E-state index in [1.165, 1.54) is 12.8 Å². The van der Waals surface area contributed by atoms with Crippen molar-refractivity contribution in [3.8, 4) is 5.75 Å². The van der Waals surface area contributed by atoms with Gasteiger partial charge in [0.2, 0.25) is 11.8 Å². The average molecular weight is 537 g/mol. The molecule has 2 saturated heterocycles. The highest BCUT2D eigenvalue weighted by Gasteiger charge is 2.26. The van der Waals surface area contributed by atoms with Crippen LogP contribution >= 0.6 is 0 Å². The first-order valence-electron chi connectivity index (χ1n) is 13.3. The Balaban J connectivity index is 1.33. The molecule has 9 nitrogen and oxygen atoms in total. The summed E-state index contributed by atoms with van der Waals surface area (Å²) in [5.41, 5.74) is 1.84. The maximum absolute atomic E-state index is 13.0. The van der Waals surface area contributed by atoms with Gasteiger partial charge in [-0.05, 0) is 81.8 Å². The Hall–Kier alpha value is -2.01. The molecule has 208 valence electrons. The Morgan fingerprint density at radius 2 is 1.68 bits per heavy atom. The minimum absolute atomic E-state index is 0.00469. The monoisotopic (exact) mass is 536 g/mol. The van der Waals surface area contributed by atoms with E-state index in [9.17, 15) is 13.8 Å². The predicted octanol–water partition coefficient (Wildman–Crippen LogP) is 2.08. The van der Waals surface area contributed by atoms with Crippen LogP contribution in [-0.4, -0.2) is 115 Å². The molecule has 0 spiro atoms. The molecule has 0 bridgehead atoms. The molecule has 1 unspecified atom stereocenters. The maximum Gasteiger partial charge on any atom is 0.248 e. The van der Waals surface area contributed by atoms with Gasteiger partial charge in [-0.2, -0.15) is 0 Å². The zero-order chi connectivity index (χ0) is 26.9. The van der Waals surface area contributed by atoms with Crippen molar-refractivity contribution in [1.82, 2.24) is 19.0 Å². The Morgan fingerprint density at radius 3 is 2.27 bits per heavy atom. The summed E-state index contributed by atoms with van der Waals surface area (Å²) in [6.45, 7) is 9.45. The SMILES string of the molecule is COc1cc(C)c(S(=O)N(C)CCOCC(=O)N(C)CC2CCN(C(=O)CN3CCCC3)CC2)c(C)c1. The summed E-state index contributed by atoms with van der Waals surface area (Å²) in [6.07, 6.45) is 4.23. The van der Waals surface area contributed by atoms with Crippen LogP contribution in [0.4, 0.5) is 0 Å². The van der Waals surface area contributed by atoms with E-state index in [1.54, 1.807) is 23.4 Å². The van der Waals surface area contributed by atoms with Gasteiger partial charge < -0.3 is 19.3 Å². The van der Waals surface area contributed by atoms with Gasteiger partial charge in [-0.1, -0.05) is 0 Å². The van der Waals surface area contributed by atoms with Gasteiger partial charge in [0.05, 0.1) is 25.2 Å². The number of ether oxygens (including phenoxy) is 2. The highest BCUT2D eigenvalue weighted by atomic mass is 32.2. The van der Waals surface area contributed by atoms with Crippen LogP contribution in [0, 0.1) is 19.8 Å². The Labute approximate surface area is 224 Å². The molecule has 2 aliphatic heterocycles. The van der Waals surface area contributed by atoms with E-state index < -0.39 is 11.0 Å². The zero-order valence-corrected chi connectivity index (χ0v) is 24.0. The van der Waals surface area contributed by atoms with Crippen LogP contribution in [0.1, 0.15) is 36.8 Å². The van der Waals surface area contributed by atoms with Crippen molar-refractivity contribution in [1.29, 1.82) is 0 Å². The molecule has 2 amide bonds. The third kappa shape index (κ3) is 8.49. The van der Waals surface area contributed by atoms with E-state index in [2.05, 4.69) is 4.90 Å². The fraction of sp³-hybridized carbons (Fsp3) is 0.704. The number of benzene rings is 1. The number of hydrogen-bond donors (Lipinski definition) is 0. The van der Waals surface area contributed by atoms with Crippen molar-refractivity contribution in [2.45, 2.75) is 44.4 Å². The standard InChI is InChI=1S/C27H44N4O5S/c1-21-16-24(35-5)17-22(2)27(21)37(34)29(4)14-15-36-20-26(33)28(3)18-23-8-12-31(13-9-23)25(32)19-30-10-6-7-11-30/h16-17,23H,6-15,18-20H2,1-5H3. The van der Waals surface area contributed by atoms with Gasteiger partial charge in [0.15, 0.2) is 0 Å². The van der Waals surface area contributed by atoms with Gasteiger partial charge in [-0.3, -0.25) is 14.5 Å². The van der Waals surface area contributed by atoms with Crippen LogP contribution in [0.5, 0.6) is 5.75 Å². The highest BCUT2D eigenvalue weighted by molar-refractivity contribution is 7.82. The second-order valence-electron chi connectivity index (χ2n) is 10.3. The van der Waals surface area contributed by atoms with E-state index >= 15 is 0 Å². The lowest BCUT2D eigenvalue weighted by Crippen LogP contribution is -2.45. The van der Waals surface area contributed by atoms with Crippen molar-refractivity contribution in [3.05, 3.63) is 23.3 Å². The normalized spacial score (nSPS) is 17.8. The van der Waals surface area contributed by atoms with Gasteiger partial charge in [-0.15, -0.1) is 0 Å². The second kappa shape index (κ2) is 14.2. The maximum atomic E-state index is 13.0. The number of carbonyl (C=O) groups is 2. The van der Waals surface area contributed by atoms with E-state index in [0.717, 1.165) is 60.8 Å². The quantitative estimate of drug-likeness (QED) is 0.381. The lowest BCUT2D eigenvalue weighted by molar-refractivity contribution is -0.137. The molecule has 3 rings (SSSR count). The highest BCUT2D eigenvalue weighted by Crippen LogP contribution is 2.25. The van der Waals surface area contributed by atoms with Gasteiger partial charge in [0.1, 0.15) is 23.3 Å². The summed E-state index contributed by atoms with van der Waals surface area (Å²) in [6, 6.07) is 3.77. The molecule has 1 atom stereocenters. The zero-order valence-electron chi connectivity index (χ0n) is 23.2. The molecule has 2 heterocycles. The molecular weight excluding hydrogens is 492 g/mol. The van der Waals surface area contributed by atoms with Crippen LogP contribution in [0.25, 0.3) is 0 Å².